The number of aliphatic imine (C=N–C) groups is 1. The summed E-state index contributed by atoms with van der Waals surface area (Å²) in [7, 11) is -7.69. The molecular weight excluding hydrogens is 854 g/mol. The number of hydrogen-bond acceptors (Lipinski definition) is 9. The zero-order valence-electron chi connectivity index (χ0n) is 27.0. The smallest absolute Gasteiger partial charge is 0.321 e. The van der Waals surface area contributed by atoms with Crippen LogP contribution in [0, 0.1) is 11.8 Å². The number of carboxylic acid groups (broad SMARTS) is 1. The van der Waals surface area contributed by atoms with Crippen LogP contribution in [0.4, 0.5) is 11.5 Å². The number of aromatic nitrogens is 1. The SMILES string of the molecule is O=C(O)C(CC1C=Nc2ccccc21)NS(=O)(=O)c1cnc(N2CCC(CCCC3CCN(S(=O)(=O)c4cc(Br)c(Cl)s4)CC3)CC2)c(Br)c1. The van der Waals surface area contributed by atoms with E-state index >= 15 is 0 Å². The van der Waals surface area contributed by atoms with Gasteiger partial charge in [0.15, 0.2) is 0 Å². The number of benzene rings is 1. The number of carbonyl (C=O) groups is 1. The number of aliphatic carboxylic acids is 1. The Balaban J connectivity index is 0.953. The number of para-hydroxylation sites is 1. The lowest BCUT2D eigenvalue weighted by Crippen LogP contribution is -2.41. The van der Waals surface area contributed by atoms with Crippen molar-refractivity contribution in [2.75, 3.05) is 31.1 Å². The summed E-state index contributed by atoms with van der Waals surface area (Å²) < 4.78 is 58.4. The van der Waals surface area contributed by atoms with Crippen LogP contribution >= 0.6 is 54.8 Å². The standard InChI is InChI=1S/C33H38Br2ClN5O6S3/c34-26-18-30(48-31(26)36)50(46,47)41-14-10-22(11-15-41)5-3-4-21-8-12-40(13-9-21)32-27(35)17-24(20-38-32)49(44,45)39-29(33(42)43)16-23-19-37-28-7-2-1-6-25(23)28/h1-2,6-7,17-23,29,39H,3-5,8-16H2,(H,42,43). The third-order valence-corrected chi connectivity index (χ3v) is 16.7. The first-order valence-corrected chi connectivity index (χ1v) is 22.3. The van der Waals surface area contributed by atoms with Crippen molar-refractivity contribution in [3.63, 3.8) is 0 Å². The number of piperidine rings is 2. The third-order valence-electron chi connectivity index (χ3n) is 9.85. The molecule has 1 aromatic carbocycles. The molecule has 17 heteroatoms. The maximum Gasteiger partial charge on any atom is 0.321 e. The zero-order valence-corrected chi connectivity index (χ0v) is 33.4. The summed E-state index contributed by atoms with van der Waals surface area (Å²) in [6, 6.07) is 9.13. The fourth-order valence-electron chi connectivity index (χ4n) is 7.01. The Morgan fingerprint density at radius 3 is 2.28 bits per heavy atom. The van der Waals surface area contributed by atoms with Gasteiger partial charge in [0, 0.05) is 49.0 Å². The summed E-state index contributed by atoms with van der Waals surface area (Å²) in [4.78, 5) is 22.9. The molecule has 2 N–H and O–H groups in total. The van der Waals surface area contributed by atoms with Gasteiger partial charge in [-0.1, -0.05) is 49.1 Å². The lowest BCUT2D eigenvalue weighted by molar-refractivity contribution is -0.139. The quantitative estimate of drug-likeness (QED) is 0.180. The molecule has 0 amide bonds. The molecule has 0 aliphatic carbocycles. The summed E-state index contributed by atoms with van der Waals surface area (Å²) in [5, 5.41) is 9.85. The number of carboxylic acids is 1. The second-order valence-electron chi connectivity index (χ2n) is 13.1. The van der Waals surface area contributed by atoms with Crippen LogP contribution < -0.4 is 9.62 Å². The normalized spacial score (nSPS) is 19.9. The number of thiophene rings is 1. The summed E-state index contributed by atoms with van der Waals surface area (Å²) in [5.41, 5.74) is 1.63. The number of nitrogens with zero attached hydrogens (tertiary/aromatic N) is 4. The largest absolute Gasteiger partial charge is 0.480 e. The van der Waals surface area contributed by atoms with Crippen LogP contribution in [-0.2, 0) is 24.8 Å². The van der Waals surface area contributed by atoms with Crippen molar-refractivity contribution in [3.05, 3.63) is 61.4 Å². The molecule has 11 nitrogen and oxygen atoms in total. The van der Waals surface area contributed by atoms with Crippen molar-refractivity contribution in [1.82, 2.24) is 14.0 Å². The predicted molar refractivity (Wildman–Crippen MR) is 203 cm³/mol. The molecule has 0 saturated carbocycles. The highest BCUT2D eigenvalue weighted by Crippen LogP contribution is 2.38. The van der Waals surface area contributed by atoms with Gasteiger partial charge >= 0.3 is 5.97 Å². The van der Waals surface area contributed by atoms with E-state index in [-0.39, 0.29) is 21.4 Å². The number of pyridine rings is 1. The van der Waals surface area contributed by atoms with Crippen LogP contribution in [0.3, 0.4) is 0 Å². The number of anilines is 1. The van der Waals surface area contributed by atoms with Crippen molar-refractivity contribution in [2.24, 2.45) is 16.8 Å². The Labute approximate surface area is 318 Å². The number of halogens is 3. The van der Waals surface area contributed by atoms with Crippen molar-refractivity contribution >= 4 is 98.5 Å². The monoisotopic (exact) mass is 889 g/mol. The van der Waals surface area contributed by atoms with Crippen LogP contribution in [0.25, 0.3) is 0 Å². The van der Waals surface area contributed by atoms with Crippen LogP contribution in [0.1, 0.15) is 62.8 Å². The molecule has 2 aromatic heterocycles. The third kappa shape index (κ3) is 8.64. The lowest BCUT2D eigenvalue weighted by Gasteiger charge is -2.34. The molecule has 50 heavy (non-hydrogen) atoms. The van der Waals surface area contributed by atoms with Crippen LogP contribution in [0.2, 0.25) is 4.34 Å². The summed E-state index contributed by atoms with van der Waals surface area (Å²) in [6.45, 7) is 2.65. The number of fused-ring (bicyclic) bond motifs is 1. The maximum atomic E-state index is 13.3. The molecule has 270 valence electrons. The van der Waals surface area contributed by atoms with Gasteiger partial charge in [-0.2, -0.15) is 9.03 Å². The van der Waals surface area contributed by atoms with Crippen LogP contribution in [0.5, 0.6) is 0 Å². The Morgan fingerprint density at radius 2 is 1.66 bits per heavy atom. The highest BCUT2D eigenvalue weighted by molar-refractivity contribution is 9.11. The van der Waals surface area contributed by atoms with Crippen molar-refractivity contribution in [3.8, 4) is 0 Å². The average molecular weight is 892 g/mol. The van der Waals surface area contributed by atoms with E-state index in [0.29, 0.717) is 44.0 Å². The predicted octanol–water partition coefficient (Wildman–Crippen LogP) is 7.43. The first kappa shape index (κ1) is 37.8. The minimum atomic E-state index is -4.17. The van der Waals surface area contributed by atoms with Gasteiger partial charge in [0.2, 0.25) is 10.0 Å². The Kier molecular flexibility index (Phi) is 12.1. The van der Waals surface area contributed by atoms with Gasteiger partial charge in [-0.05, 0) is 99.6 Å². The van der Waals surface area contributed by atoms with E-state index in [1.165, 1.54) is 12.3 Å². The molecule has 5 heterocycles. The van der Waals surface area contributed by atoms with E-state index in [2.05, 4.69) is 51.5 Å². The van der Waals surface area contributed by atoms with E-state index in [1.54, 1.807) is 16.6 Å². The molecule has 6 rings (SSSR count). The van der Waals surface area contributed by atoms with E-state index in [4.69, 9.17) is 11.6 Å². The van der Waals surface area contributed by atoms with Crippen molar-refractivity contribution in [2.45, 2.75) is 72.4 Å². The molecule has 3 aromatic rings. The molecule has 0 spiro atoms. The highest BCUT2D eigenvalue weighted by Gasteiger charge is 2.33. The summed E-state index contributed by atoms with van der Waals surface area (Å²) in [6.07, 6.45) is 10.0. The fourth-order valence-corrected chi connectivity index (χ4v) is 12.9. The molecular formula is C33H38Br2ClN5O6S3. The molecule has 0 bridgehead atoms. The molecule has 2 unspecified atom stereocenters. The zero-order chi connectivity index (χ0) is 35.6. The summed E-state index contributed by atoms with van der Waals surface area (Å²) in [5.74, 6) is 0.193. The van der Waals surface area contributed by atoms with Gasteiger partial charge in [0.05, 0.1) is 10.2 Å². The maximum absolute atomic E-state index is 13.3. The van der Waals surface area contributed by atoms with E-state index in [0.717, 1.165) is 80.6 Å². The van der Waals surface area contributed by atoms with Crippen molar-refractivity contribution < 1.29 is 26.7 Å². The molecule has 2 fully saturated rings. The van der Waals surface area contributed by atoms with Gasteiger partial charge < -0.3 is 10.0 Å². The number of nitrogens with one attached hydrogen (secondary N) is 1. The Hall–Kier alpha value is -1.92. The van der Waals surface area contributed by atoms with Gasteiger partial charge in [0.1, 0.15) is 25.3 Å². The first-order chi connectivity index (χ1) is 23.8. The molecule has 3 aliphatic rings. The Bertz CT molecular complexity index is 1940. The van der Waals surface area contributed by atoms with Gasteiger partial charge in [-0.25, -0.2) is 21.8 Å². The molecule has 3 aliphatic heterocycles. The van der Waals surface area contributed by atoms with E-state index in [9.17, 15) is 26.7 Å². The first-order valence-electron chi connectivity index (χ1n) is 16.6. The lowest BCUT2D eigenvalue weighted by atomic mass is 9.87. The highest BCUT2D eigenvalue weighted by atomic mass is 79.9. The van der Waals surface area contributed by atoms with E-state index in [1.807, 2.05) is 24.3 Å². The summed E-state index contributed by atoms with van der Waals surface area (Å²) >= 11 is 14.0. The number of rotatable bonds is 13. The fraction of sp³-hybridized carbons (Fsp3) is 0.485. The van der Waals surface area contributed by atoms with E-state index < -0.39 is 32.1 Å². The van der Waals surface area contributed by atoms with Crippen LogP contribution in [-0.4, -0.2) is 75.6 Å². The second-order valence-corrected chi connectivity index (χ2v) is 20.3. The molecule has 2 saturated heterocycles. The average Bonchev–Trinajstić information content (AvgIpc) is 3.67. The van der Waals surface area contributed by atoms with Gasteiger partial charge in [0.25, 0.3) is 10.0 Å². The van der Waals surface area contributed by atoms with Gasteiger partial charge in [-0.15, -0.1) is 11.3 Å². The topological polar surface area (TPSA) is 149 Å². The molecule has 2 atom stereocenters. The van der Waals surface area contributed by atoms with Crippen LogP contribution in [0.15, 0.2) is 65.6 Å². The second kappa shape index (κ2) is 16.0. The van der Waals surface area contributed by atoms with Crippen molar-refractivity contribution in [1.29, 1.82) is 0 Å². The number of sulfonamides is 2. The Morgan fingerprint density at radius 1 is 1.00 bits per heavy atom. The minimum absolute atomic E-state index is 0.0325. The number of hydrogen-bond donors (Lipinski definition) is 2. The van der Waals surface area contributed by atoms with Gasteiger partial charge in [-0.3, -0.25) is 9.79 Å². The minimum Gasteiger partial charge on any atom is -0.480 e. The molecule has 0 radical (unpaired) electrons.